The molecule has 0 atom stereocenters. The van der Waals surface area contributed by atoms with Gasteiger partial charge in [0.2, 0.25) is 0 Å². The zero-order valence-corrected chi connectivity index (χ0v) is 13.7. The molecule has 1 aliphatic heterocycles. The number of aromatic nitrogens is 2. The lowest BCUT2D eigenvalue weighted by atomic mass is 9.97. The van der Waals surface area contributed by atoms with Crippen LogP contribution in [0.3, 0.4) is 0 Å². The van der Waals surface area contributed by atoms with E-state index in [2.05, 4.69) is 15.3 Å². The Morgan fingerprint density at radius 3 is 2.58 bits per heavy atom. The Bertz CT molecular complexity index is 790. The fourth-order valence-corrected chi connectivity index (χ4v) is 2.87. The molecular formula is C17H17F3N4O2. The second-order valence-corrected chi connectivity index (χ2v) is 6.06. The number of nitrogens with zero attached hydrogens (tertiary/aromatic N) is 3. The summed E-state index contributed by atoms with van der Waals surface area (Å²) in [5, 5.41) is 11.9. The van der Waals surface area contributed by atoms with E-state index in [0.29, 0.717) is 37.6 Å². The van der Waals surface area contributed by atoms with Crippen LogP contribution in [-0.4, -0.2) is 34.1 Å². The van der Waals surface area contributed by atoms with Crippen LogP contribution in [-0.2, 0) is 11.0 Å². The zero-order valence-electron chi connectivity index (χ0n) is 13.7. The molecule has 2 heterocycles. The molecule has 9 heteroatoms. The first-order valence-corrected chi connectivity index (χ1v) is 8.07. The van der Waals surface area contributed by atoms with Gasteiger partial charge >= 0.3 is 12.1 Å². The molecule has 1 fully saturated rings. The van der Waals surface area contributed by atoms with E-state index in [4.69, 9.17) is 5.11 Å². The second-order valence-electron chi connectivity index (χ2n) is 6.06. The number of carboxylic acids is 1. The number of anilines is 3. The van der Waals surface area contributed by atoms with Crippen molar-refractivity contribution in [3.63, 3.8) is 0 Å². The highest BCUT2D eigenvalue weighted by atomic mass is 19.4. The van der Waals surface area contributed by atoms with Gasteiger partial charge in [-0.05, 0) is 31.0 Å². The third-order valence-electron chi connectivity index (χ3n) is 4.28. The zero-order chi connectivity index (χ0) is 18.7. The maximum absolute atomic E-state index is 12.8. The standard InChI is InChI=1S/C17H17F3N4O2/c18-17(19,20)12-2-1-3-13(8-12)23-14-9-15(22-10-21-14)24-6-4-11(5-7-24)16(25)26/h1-3,8-11H,4-7H2,(H,25,26)(H,21,22,23). The first-order valence-electron chi connectivity index (χ1n) is 8.07. The minimum Gasteiger partial charge on any atom is -0.481 e. The van der Waals surface area contributed by atoms with Gasteiger partial charge in [0.15, 0.2) is 0 Å². The lowest BCUT2D eigenvalue weighted by Gasteiger charge is -2.31. The summed E-state index contributed by atoms with van der Waals surface area (Å²) in [5.74, 6) is -0.164. The van der Waals surface area contributed by atoms with E-state index in [1.54, 1.807) is 6.07 Å². The number of carbonyl (C=O) groups is 1. The third-order valence-corrected chi connectivity index (χ3v) is 4.28. The fourth-order valence-electron chi connectivity index (χ4n) is 2.87. The Morgan fingerprint density at radius 1 is 1.19 bits per heavy atom. The molecule has 26 heavy (non-hydrogen) atoms. The number of piperidine rings is 1. The molecule has 0 aliphatic carbocycles. The lowest BCUT2D eigenvalue weighted by Crippen LogP contribution is -2.36. The van der Waals surface area contributed by atoms with Crippen LogP contribution in [0.1, 0.15) is 18.4 Å². The summed E-state index contributed by atoms with van der Waals surface area (Å²) in [6, 6.07) is 6.50. The molecule has 0 amide bonds. The van der Waals surface area contributed by atoms with Crippen molar-refractivity contribution >= 4 is 23.3 Å². The fraction of sp³-hybridized carbons (Fsp3) is 0.353. The van der Waals surface area contributed by atoms with Gasteiger partial charge in [-0.25, -0.2) is 9.97 Å². The van der Waals surface area contributed by atoms with E-state index in [0.717, 1.165) is 12.1 Å². The quantitative estimate of drug-likeness (QED) is 0.862. The van der Waals surface area contributed by atoms with E-state index in [-0.39, 0.29) is 11.6 Å². The number of benzene rings is 1. The van der Waals surface area contributed by atoms with Gasteiger partial charge in [0.1, 0.15) is 18.0 Å². The normalized spacial score (nSPS) is 15.7. The lowest BCUT2D eigenvalue weighted by molar-refractivity contribution is -0.142. The van der Waals surface area contributed by atoms with Crippen molar-refractivity contribution in [2.45, 2.75) is 19.0 Å². The van der Waals surface area contributed by atoms with Gasteiger partial charge in [0.25, 0.3) is 0 Å². The van der Waals surface area contributed by atoms with Crippen LogP contribution in [0.25, 0.3) is 0 Å². The topological polar surface area (TPSA) is 78.4 Å². The van der Waals surface area contributed by atoms with E-state index in [9.17, 15) is 18.0 Å². The van der Waals surface area contributed by atoms with Crippen molar-refractivity contribution in [1.82, 2.24) is 9.97 Å². The van der Waals surface area contributed by atoms with E-state index >= 15 is 0 Å². The highest BCUT2D eigenvalue weighted by Crippen LogP contribution is 2.31. The number of alkyl halides is 3. The van der Waals surface area contributed by atoms with Gasteiger partial charge < -0.3 is 15.3 Å². The van der Waals surface area contributed by atoms with Gasteiger partial charge in [-0.1, -0.05) is 6.07 Å². The Balaban J connectivity index is 1.71. The molecule has 6 nitrogen and oxygen atoms in total. The van der Waals surface area contributed by atoms with Crippen molar-refractivity contribution in [3.8, 4) is 0 Å². The number of nitrogens with one attached hydrogen (secondary N) is 1. The average molecular weight is 366 g/mol. The van der Waals surface area contributed by atoms with Crippen LogP contribution >= 0.6 is 0 Å². The SMILES string of the molecule is O=C(O)C1CCN(c2cc(Nc3cccc(C(F)(F)F)c3)ncn2)CC1. The monoisotopic (exact) mass is 366 g/mol. The molecule has 138 valence electrons. The van der Waals surface area contributed by atoms with Crippen molar-refractivity contribution in [1.29, 1.82) is 0 Å². The van der Waals surface area contributed by atoms with Crippen LogP contribution in [0.5, 0.6) is 0 Å². The van der Waals surface area contributed by atoms with Crippen LogP contribution in [0.2, 0.25) is 0 Å². The van der Waals surface area contributed by atoms with Crippen LogP contribution < -0.4 is 10.2 Å². The Hall–Kier alpha value is -2.84. The third kappa shape index (κ3) is 4.22. The number of halogens is 3. The molecule has 2 aromatic rings. The molecule has 0 spiro atoms. The van der Waals surface area contributed by atoms with Gasteiger partial charge in [-0.2, -0.15) is 13.2 Å². The number of hydrogen-bond acceptors (Lipinski definition) is 5. The smallest absolute Gasteiger partial charge is 0.416 e. The minimum atomic E-state index is -4.41. The molecule has 0 bridgehead atoms. The Kier molecular flexibility index (Phi) is 4.97. The van der Waals surface area contributed by atoms with Crippen molar-refractivity contribution < 1.29 is 23.1 Å². The predicted molar refractivity (Wildman–Crippen MR) is 89.3 cm³/mol. The Morgan fingerprint density at radius 2 is 1.92 bits per heavy atom. The van der Waals surface area contributed by atoms with E-state index in [1.165, 1.54) is 18.5 Å². The molecule has 1 aliphatic rings. The summed E-state index contributed by atoms with van der Waals surface area (Å²) in [6.45, 7) is 1.11. The Labute approximate surface area is 147 Å². The first kappa shape index (κ1) is 18.0. The predicted octanol–water partition coefficient (Wildman–Crippen LogP) is 3.54. The summed E-state index contributed by atoms with van der Waals surface area (Å²) in [7, 11) is 0. The highest BCUT2D eigenvalue weighted by molar-refractivity contribution is 5.70. The molecule has 1 aromatic heterocycles. The van der Waals surface area contributed by atoms with Crippen LogP contribution in [0.4, 0.5) is 30.5 Å². The molecule has 0 radical (unpaired) electrons. The van der Waals surface area contributed by atoms with Gasteiger partial charge in [0.05, 0.1) is 11.5 Å². The first-order chi connectivity index (χ1) is 12.3. The van der Waals surface area contributed by atoms with Gasteiger partial charge in [0, 0.05) is 24.8 Å². The number of rotatable bonds is 4. The largest absolute Gasteiger partial charge is 0.481 e. The molecular weight excluding hydrogens is 349 g/mol. The summed E-state index contributed by atoms with van der Waals surface area (Å²) >= 11 is 0. The second kappa shape index (κ2) is 7.19. The minimum absolute atomic E-state index is 0.272. The van der Waals surface area contributed by atoms with Gasteiger partial charge in [-0.15, -0.1) is 0 Å². The summed E-state index contributed by atoms with van der Waals surface area (Å²) in [5.41, 5.74) is -0.471. The van der Waals surface area contributed by atoms with E-state index in [1.807, 2.05) is 4.90 Å². The highest BCUT2D eigenvalue weighted by Gasteiger charge is 2.30. The van der Waals surface area contributed by atoms with Crippen molar-refractivity contribution in [3.05, 3.63) is 42.2 Å². The maximum atomic E-state index is 12.8. The molecule has 2 N–H and O–H groups in total. The average Bonchev–Trinajstić information content (AvgIpc) is 2.61. The maximum Gasteiger partial charge on any atom is 0.416 e. The summed E-state index contributed by atoms with van der Waals surface area (Å²) in [6.07, 6.45) is -2.04. The molecule has 0 unspecified atom stereocenters. The van der Waals surface area contributed by atoms with Crippen LogP contribution in [0, 0.1) is 5.92 Å². The van der Waals surface area contributed by atoms with Crippen LogP contribution in [0.15, 0.2) is 36.7 Å². The molecule has 0 saturated carbocycles. The molecule has 3 rings (SSSR count). The van der Waals surface area contributed by atoms with Gasteiger partial charge in [-0.3, -0.25) is 4.79 Å². The molecule has 1 aromatic carbocycles. The number of hydrogen-bond donors (Lipinski definition) is 2. The molecule has 1 saturated heterocycles. The van der Waals surface area contributed by atoms with E-state index < -0.39 is 17.7 Å². The summed E-state index contributed by atoms with van der Waals surface area (Å²) in [4.78, 5) is 21.2. The summed E-state index contributed by atoms with van der Waals surface area (Å²) < 4.78 is 38.4. The number of carboxylic acid groups (broad SMARTS) is 1. The van der Waals surface area contributed by atoms with Crippen molar-refractivity contribution in [2.24, 2.45) is 5.92 Å². The number of aliphatic carboxylic acids is 1. The van der Waals surface area contributed by atoms with Crippen molar-refractivity contribution in [2.75, 3.05) is 23.3 Å².